The number of rotatable bonds is 7. The molecule has 0 spiro atoms. The number of nitrogens with two attached hydrogens (primary N) is 1. The number of nitrogens with one attached hydrogen (secondary N) is 1. The van der Waals surface area contributed by atoms with Crippen LogP contribution in [-0.2, 0) is 4.79 Å². The van der Waals surface area contributed by atoms with Crippen LogP contribution in [0.15, 0.2) is 30.3 Å². The predicted molar refractivity (Wildman–Crippen MR) is 94.6 cm³/mol. The molecule has 6 heteroatoms. The van der Waals surface area contributed by atoms with Crippen molar-refractivity contribution in [2.75, 3.05) is 25.0 Å². The average Bonchev–Trinajstić information content (AvgIpc) is 2.43. The Kier molecular flexibility index (Phi) is 12.4. The molecule has 3 N–H and O–H groups in total. The summed E-state index contributed by atoms with van der Waals surface area (Å²) in [6.45, 7) is 5.31. The molecule has 1 rings (SSSR count). The molecular weight excluding hydrogens is 309 g/mol. The Morgan fingerprint density at radius 2 is 1.81 bits per heavy atom. The van der Waals surface area contributed by atoms with Gasteiger partial charge in [0.2, 0.25) is 5.91 Å². The minimum Gasteiger partial charge on any atom is -0.375 e. The van der Waals surface area contributed by atoms with Crippen LogP contribution in [0.2, 0.25) is 0 Å². The molecule has 0 bridgehead atoms. The molecule has 21 heavy (non-hydrogen) atoms. The standard InChI is InChI=1S/C15H25N3O.2ClH/c1-12(13(2)16)15(19)17-10-7-11-18(3)14-8-5-4-6-9-14;;/h4-6,8-9,12-13H,7,10-11,16H2,1-3H3,(H,17,19);2*1H. The van der Waals surface area contributed by atoms with E-state index in [1.165, 1.54) is 5.69 Å². The first-order chi connectivity index (χ1) is 9.02. The average molecular weight is 336 g/mol. The number of hydrogen-bond donors (Lipinski definition) is 2. The van der Waals surface area contributed by atoms with E-state index < -0.39 is 0 Å². The van der Waals surface area contributed by atoms with Gasteiger partial charge in [0.25, 0.3) is 0 Å². The second kappa shape index (κ2) is 11.7. The SMILES string of the molecule is CC(N)C(C)C(=O)NCCCN(C)c1ccccc1.Cl.Cl. The van der Waals surface area contributed by atoms with E-state index in [9.17, 15) is 4.79 Å². The summed E-state index contributed by atoms with van der Waals surface area (Å²) in [4.78, 5) is 13.9. The topological polar surface area (TPSA) is 58.4 Å². The van der Waals surface area contributed by atoms with E-state index in [0.29, 0.717) is 6.54 Å². The summed E-state index contributed by atoms with van der Waals surface area (Å²) < 4.78 is 0. The number of carbonyl (C=O) groups excluding carboxylic acids is 1. The molecule has 0 heterocycles. The molecule has 1 aromatic carbocycles. The van der Waals surface area contributed by atoms with Crippen LogP contribution < -0.4 is 16.0 Å². The number of anilines is 1. The molecular formula is C15H27Cl2N3O. The lowest BCUT2D eigenvalue weighted by molar-refractivity contribution is -0.124. The highest BCUT2D eigenvalue weighted by molar-refractivity contribution is 5.85. The van der Waals surface area contributed by atoms with E-state index >= 15 is 0 Å². The highest BCUT2D eigenvalue weighted by Gasteiger charge is 2.15. The number of nitrogens with zero attached hydrogens (tertiary/aromatic N) is 1. The van der Waals surface area contributed by atoms with E-state index in [0.717, 1.165) is 13.0 Å². The third kappa shape index (κ3) is 8.15. The Balaban J connectivity index is 0. The van der Waals surface area contributed by atoms with Crippen molar-refractivity contribution in [3.63, 3.8) is 0 Å². The van der Waals surface area contributed by atoms with E-state index in [4.69, 9.17) is 5.73 Å². The van der Waals surface area contributed by atoms with Gasteiger partial charge in [-0.15, -0.1) is 24.8 Å². The van der Waals surface area contributed by atoms with Crippen LogP contribution in [0.25, 0.3) is 0 Å². The lowest BCUT2D eigenvalue weighted by Gasteiger charge is -2.20. The maximum absolute atomic E-state index is 11.7. The van der Waals surface area contributed by atoms with Gasteiger partial charge in [0.1, 0.15) is 0 Å². The summed E-state index contributed by atoms with van der Waals surface area (Å²) in [5.41, 5.74) is 6.89. The van der Waals surface area contributed by atoms with Gasteiger partial charge in [-0.25, -0.2) is 0 Å². The first-order valence-electron chi connectivity index (χ1n) is 6.82. The molecule has 0 aliphatic carbocycles. The molecule has 0 fully saturated rings. The Morgan fingerprint density at radius 3 is 2.33 bits per heavy atom. The van der Waals surface area contributed by atoms with E-state index in [2.05, 4.69) is 29.4 Å². The van der Waals surface area contributed by atoms with Crippen molar-refractivity contribution in [3.05, 3.63) is 30.3 Å². The lowest BCUT2D eigenvalue weighted by Crippen LogP contribution is -2.39. The van der Waals surface area contributed by atoms with Gasteiger partial charge >= 0.3 is 0 Å². The Hall–Kier alpha value is -0.970. The maximum Gasteiger partial charge on any atom is 0.224 e. The molecule has 0 saturated heterocycles. The first-order valence-corrected chi connectivity index (χ1v) is 6.82. The normalized spacial score (nSPS) is 12.4. The Bertz CT molecular complexity index is 388. The summed E-state index contributed by atoms with van der Waals surface area (Å²) >= 11 is 0. The zero-order valence-corrected chi connectivity index (χ0v) is 14.5. The molecule has 0 aromatic heterocycles. The summed E-state index contributed by atoms with van der Waals surface area (Å²) in [5, 5.41) is 2.92. The van der Waals surface area contributed by atoms with Crippen molar-refractivity contribution in [3.8, 4) is 0 Å². The molecule has 2 atom stereocenters. The summed E-state index contributed by atoms with van der Waals surface area (Å²) in [7, 11) is 2.06. The molecule has 0 aliphatic rings. The lowest BCUT2D eigenvalue weighted by atomic mass is 10.0. The van der Waals surface area contributed by atoms with Gasteiger partial charge in [-0.1, -0.05) is 25.1 Å². The number of halogens is 2. The molecule has 1 amide bonds. The van der Waals surface area contributed by atoms with Crippen molar-refractivity contribution in [2.45, 2.75) is 26.3 Å². The monoisotopic (exact) mass is 335 g/mol. The van der Waals surface area contributed by atoms with Crippen LogP contribution in [0.4, 0.5) is 5.69 Å². The smallest absolute Gasteiger partial charge is 0.224 e. The van der Waals surface area contributed by atoms with Crippen LogP contribution in [0, 0.1) is 5.92 Å². The summed E-state index contributed by atoms with van der Waals surface area (Å²) in [5.74, 6) is -0.0933. The van der Waals surface area contributed by atoms with Gasteiger partial charge < -0.3 is 16.0 Å². The van der Waals surface area contributed by atoms with Gasteiger partial charge in [0.05, 0.1) is 0 Å². The van der Waals surface area contributed by atoms with Gasteiger partial charge in [-0.3, -0.25) is 4.79 Å². The minimum atomic E-state index is -0.133. The zero-order chi connectivity index (χ0) is 14.3. The van der Waals surface area contributed by atoms with Crippen molar-refractivity contribution in [1.29, 1.82) is 0 Å². The van der Waals surface area contributed by atoms with Crippen molar-refractivity contribution in [2.24, 2.45) is 11.7 Å². The zero-order valence-electron chi connectivity index (χ0n) is 12.9. The molecule has 2 unspecified atom stereocenters. The largest absolute Gasteiger partial charge is 0.375 e. The Labute approximate surface area is 140 Å². The van der Waals surface area contributed by atoms with Gasteiger partial charge in [-0.05, 0) is 25.5 Å². The van der Waals surface area contributed by atoms with Crippen LogP contribution in [0.1, 0.15) is 20.3 Å². The molecule has 0 aliphatic heterocycles. The van der Waals surface area contributed by atoms with Gasteiger partial charge in [0, 0.05) is 37.8 Å². The highest BCUT2D eigenvalue weighted by atomic mass is 35.5. The number of hydrogen-bond acceptors (Lipinski definition) is 3. The number of para-hydroxylation sites is 1. The van der Waals surface area contributed by atoms with Crippen molar-refractivity contribution in [1.82, 2.24) is 5.32 Å². The molecule has 4 nitrogen and oxygen atoms in total. The number of benzene rings is 1. The fourth-order valence-electron chi connectivity index (χ4n) is 1.74. The van der Waals surface area contributed by atoms with Crippen molar-refractivity contribution < 1.29 is 4.79 Å². The fraction of sp³-hybridized carbons (Fsp3) is 0.533. The molecule has 0 saturated carbocycles. The third-order valence-electron chi connectivity index (χ3n) is 3.37. The quantitative estimate of drug-likeness (QED) is 0.752. The fourth-order valence-corrected chi connectivity index (χ4v) is 1.74. The minimum absolute atomic E-state index is 0. The van der Waals surface area contributed by atoms with E-state index in [1.54, 1.807) is 0 Å². The van der Waals surface area contributed by atoms with Crippen LogP contribution in [0.5, 0.6) is 0 Å². The van der Waals surface area contributed by atoms with Gasteiger partial charge in [-0.2, -0.15) is 0 Å². The van der Waals surface area contributed by atoms with Crippen LogP contribution >= 0.6 is 24.8 Å². The second-order valence-electron chi connectivity index (χ2n) is 5.05. The molecule has 1 aromatic rings. The predicted octanol–water partition coefficient (Wildman–Crippen LogP) is 2.46. The van der Waals surface area contributed by atoms with Crippen LogP contribution in [0.3, 0.4) is 0 Å². The number of carbonyl (C=O) groups is 1. The maximum atomic E-state index is 11.7. The first kappa shape index (κ1) is 22.3. The second-order valence-corrected chi connectivity index (χ2v) is 5.05. The molecule has 122 valence electrons. The van der Waals surface area contributed by atoms with E-state index in [1.807, 2.05) is 32.0 Å². The van der Waals surface area contributed by atoms with Crippen LogP contribution in [-0.4, -0.2) is 32.1 Å². The summed E-state index contributed by atoms with van der Waals surface area (Å²) in [6, 6.07) is 10.1. The van der Waals surface area contributed by atoms with Gasteiger partial charge in [0.15, 0.2) is 0 Å². The van der Waals surface area contributed by atoms with Crippen molar-refractivity contribution >= 4 is 36.4 Å². The molecule has 0 radical (unpaired) electrons. The Morgan fingerprint density at radius 1 is 1.24 bits per heavy atom. The van der Waals surface area contributed by atoms with E-state index in [-0.39, 0.29) is 42.7 Å². The third-order valence-corrected chi connectivity index (χ3v) is 3.37. The summed E-state index contributed by atoms with van der Waals surface area (Å²) in [6.07, 6.45) is 0.919. The number of amides is 1. The highest BCUT2D eigenvalue weighted by Crippen LogP contribution is 2.10.